The average Bonchev–Trinajstić information content (AvgIpc) is 2.68. The maximum absolute atomic E-state index is 11.5. The largest absolute Gasteiger partial charge is 0.489 e. The van der Waals surface area contributed by atoms with E-state index in [1.807, 2.05) is 12.1 Å². The van der Waals surface area contributed by atoms with Crippen molar-refractivity contribution in [2.24, 2.45) is 5.10 Å². The fraction of sp³-hybridized carbons (Fsp3) is 0.111. The lowest BCUT2D eigenvalue weighted by atomic mass is 10.2. The molecule has 0 radical (unpaired) electrons. The van der Waals surface area contributed by atoms with E-state index in [-0.39, 0.29) is 23.8 Å². The fourth-order valence-electron chi connectivity index (χ4n) is 2.15. The molecule has 0 unspecified atom stereocenters. The number of aromatic amines is 1. The van der Waals surface area contributed by atoms with Gasteiger partial charge in [0.1, 0.15) is 18.1 Å². The molecular formula is C18H14Cl3N5O2. The molecule has 0 saturated carbocycles. The third-order valence-corrected chi connectivity index (χ3v) is 4.82. The molecule has 1 heterocycles. The van der Waals surface area contributed by atoms with Gasteiger partial charge in [0.25, 0.3) is 5.56 Å². The number of benzene rings is 2. The van der Waals surface area contributed by atoms with Crippen LogP contribution in [0.3, 0.4) is 0 Å². The number of nitrogens with zero attached hydrogens (tertiary/aromatic N) is 3. The molecule has 2 aromatic carbocycles. The van der Waals surface area contributed by atoms with E-state index < -0.39 is 0 Å². The van der Waals surface area contributed by atoms with Crippen LogP contribution in [0.5, 0.6) is 5.75 Å². The van der Waals surface area contributed by atoms with Crippen molar-refractivity contribution in [3.63, 3.8) is 0 Å². The van der Waals surface area contributed by atoms with Crippen molar-refractivity contribution >= 4 is 47.0 Å². The Balaban J connectivity index is 1.66. The third kappa shape index (κ3) is 5.01. The number of rotatable bonds is 6. The van der Waals surface area contributed by atoms with Crippen LogP contribution in [0.4, 0.5) is 5.95 Å². The van der Waals surface area contributed by atoms with Crippen molar-refractivity contribution in [2.45, 2.75) is 13.5 Å². The molecule has 0 amide bonds. The topological polar surface area (TPSA) is 92.3 Å². The summed E-state index contributed by atoms with van der Waals surface area (Å²) >= 11 is 18.4. The Kier molecular flexibility index (Phi) is 6.51. The van der Waals surface area contributed by atoms with Crippen molar-refractivity contribution in [1.29, 1.82) is 0 Å². The van der Waals surface area contributed by atoms with Crippen LogP contribution in [0, 0.1) is 6.92 Å². The van der Waals surface area contributed by atoms with E-state index >= 15 is 0 Å². The van der Waals surface area contributed by atoms with Crippen LogP contribution in [-0.2, 0) is 6.61 Å². The molecular weight excluding hydrogens is 425 g/mol. The summed E-state index contributed by atoms with van der Waals surface area (Å²) in [6, 6.07) is 10.5. The van der Waals surface area contributed by atoms with Crippen LogP contribution in [0.15, 0.2) is 46.3 Å². The number of hydrazone groups is 1. The Labute approximate surface area is 175 Å². The number of anilines is 1. The molecule has 0 aliphatic heterocycles. The number of H-pyrrole nitrogens is 1. The molecule has 10 heteroatoms. The zero-order valence-corrected chi connectivity index (χ0v) is 16.8. The monoisotopic (exact) mass is 437 g/mol. The lowest BCUT2D eigenvalue weighted by Crippen LogP contribution is -2.15. The van der Waals surface area contributed by atoms with Crippen molar-refractivity contribution in [2.75, 3.05) is 5.43 Å². The van der Waals surface area contributed by atoms with Crippen LogP contribution in [0.1, 0.15) is 16.8 Å². The van der Waals surface area contributed by atoms with E-state index in [0.717, 1.165) is 5.56 Å². The lowest BCUT2D eigenvalue weighted by Gasteiger charge is -2.11. The summed E-state index contributed by atoms with van der Waals surface area (Å²) in [6.45, 7) is 1.73. The van der Waals surface area contributed by atoms with Crippen molar-refractivity contribution < 1.29 is 4.74 Å². The van der Waals surface area contributed by atoms with E-state index in [9.17, 15) is 4.79 Å². The Morgan fingerprint density at radius 3 is 2.75 bits per heavy atom. The second-order valence-corrected chi connectivity index (χ2v) is 6.83. The van der Waals surface area contributed by atoms with Gasteiger partial charge >= 0.3 is 0 Å². The SMILES string of the molecule is Cc1nnc(N/N=C/c2cccc(OCc3c(Cl)ccc(Cl)c3Cl)c2)[nH]c1=O. The maximum Gasteiger partial charge on any atom is 0.274 e. The Hall–Kier alpha value is -2.61. The summed E-state index contributed by atoms with van der Waals surface area (Å²) in [5.74, 6) is 0.740. The Morgan fingerprint density at radius 2 is 1.96 bits per heavy atom. The summed E-state index contributed by atoms with van der Waals surface area (Å²) < 4.78 is 5.76. The van der Waals surface area contributed by atoms with Gasteiger partial charge in [0.15, 0.2) is 0 Å². The van der Waals surface area contributed by atoms with Gasteiger partial charge in [0, 0.05) is 10.6 Å². The van der Waals surface area contributed by atoms with Gasteiger partial charge in [-0.2, -0.15) is 5.10 Å². The van der Waals surface area contributed by atoms with Crippen LogP contribution in [0.25, 0.3) is 0 Å². The summed E-state index contributed by atoms with van der Waals surface area (Å²) in [5.41, 5.74) is 3.92. The van der Waals surface area contributed by atoms with Crippen molar-refractivity contribution in [3.8, 4) is 5.75 Å². The average molecular weight is 439 g/mol. The number of nitrogens with one attached hydrogen (secondary N) is 2. The van der Waals surface area contributed by atoms with E-state index in [1.54, 1.807) is 37.4 Å². The minimum absolute atomic E-state index is 0.143. The molecule has 28 heavy (non-hydrogen) atoms. The molecule has 0 aliphatic rings. The van der Waals surface area contributed by atoms with E-state index in [1.165, 1.54) is 0 Å². The summed E-state index contributed by atoms with van der Waals surface area (Å²) in [4.78, 5) is 14.0. The van der Waals surface area contributed by atoms with Crippen LogP contribution < -0.4 is 15.7 Å². The molecule has 144 valence electrons. The molecule has 3 aromatic rings. The highest BCUT2D eigenvalue weighted by Crippen LogP contribution is 2.32. The van der Waals surface area contributed by atoms with Gasteiger partial charge in [0.05, 0.1) is 16.3 Å². The first kappa shape index (κ1) is 20.1. The van der Waals surface area contributed by atoms with Gasteiger partial charge in [-0.25, -0.2) is 5.43 Å². The molecule has 0 aliphatic carbocycles. The predicted molar refractivity (Wildman–Crippen MR) is 111 cm³/mol. The van der Waals surface area contributed by atoms with E-state index in [0.29, 0.717) is 26.4 Å². The quantitative estimate of drug-likeness (QED) is 0.337. The minimum Gasteiger partial charge on any atom is -0.489 e. The fourth-order valence-corrected chi connectivity index (χ4v) is 2.81. The summed E-state index contributed by atoms with van der Waals surface area (Å²) in [5, 5.41) is 12.8. The number of hydrogen-bond donors (Lipinski definition) is 2. The lowest BCUT2D eigenvalue weighted by molar-refractivity contribution is 0.306. The molecule has 7 nitrogen and oxygen atoms in total. The first-order valence-electron chi connectivity index (χ1n) is 8.02. The summed E-state index contributed by atoms with van der Waals surface area (Å²) in [6.07, 6.45) is 1.55. The van der Waals surface area contributed by atoms with Gasteiger partial charge in [0.2, 0.25) is 5.95 Å². The third-order valence-electron chi connectivity index (χ3n) is 3.62. The summed E-state index contributed by atoms with van der Waals surface area (Å²) in [7, 11) is 0. The zero-order chi connectivity index (χ0) is 20.1. The van der Waals surface area contributed by atoms with Crippen molar-refractivity contribution in [3.05, 3.63) is 78.6 Å². The van der Waals surface area contributed by atoms with E-state index in [2.05, 4.69) is 25.7 Å². The number of hydrogen-bond acceptors (Lipinski definition) is 6. The van der Waals surface area contributed by atoms with Crippen LogP contribution in [0.2, 0.25) is 15.1 Å². The number of aryl methyl sites for hydroxylation is 1. The van der Waals surface area contributed by atoms with Gasteiger partial charge in [-0.05, 0) is 36.8 Å². The molecule has 0 atom stereocenters. The second-order valence-electron chi connectivity index (χ2n) is 5.64. The van der Waals surface area contributed by atoms with Gasteiger partial charge < -0.3 is 4.74 Å². The normalized spacial score (nSPS) is 11.0. The van der Waals surface area contributed by atoms with Gasteiger partial charge in [-0.15, -0.1) is 10.2 Å². The van der Waals surface area contributed by atoms with Crippen LogP contribution >= 0.6 is 34.8 Å². The van der Waals surface area contributed by atoms with Crippen LogP contribution in [-0.4, -0.2) is 21.4 Å². The number of ether oxygens (including phenoxy) is 1. The first-order valence-corrected chi connectivity index (χ1v) is 9.15. The molecule has 0 bridgehead atoms. The Bertz CT molecular complexity index is 1090. The highest BCUT2D eigenvalue weighted by atomic mass is 35.5. The maximum atomic E-state index is 11.5. The molecule has 2 N–H and O–H groups in total. The van der Waals surface area contributed by atoms with Gasteiger partial charge in [-0.1, -0.05) is 46.9 Å². The second kappa shape index (κ2) is 9.05. The highest BCUT2D eigenvalue weighted by Gasteiger charge is 2.10. The molecule has 0 fully saturated rings. The zero-order valence-electron chi connectivity index (χ0n) is 14.5. The standard InChI is InChI=1S/C18H14Cl3N5O2/c1-10-17(27)23-18(26-24-10)25-22-8-11-3-2-4-12(7-11)28-9-13-14(19)5-6-15(20)16(13)21/h2-8H,9H2,1H3,(H2,23,25,26,27)/b22-8+. The predicted octanol–water partition coefficient (Wildman–Crippen LogP) is 4.46. The smallest absolute Gasteiger partial charge is 0.274 e. The van der Waals surface area contributed by atoms with Gasteiger partial charge in [-0.3, -0.25) is 9.78 Å². The molecule has 0 saturated heterocycles. The molecule has 0 spiro atoms. The Morgan fingerprint density at radius 1 is 1.18 bits per heavy atom. The molecule has 1 aromatic heterocycles. The highest BCUT2D eigenvalue weighted by molar-refractivity contribution is 6.44. The molecule has 3 rings (SSSR count). The number of aromatic nitrogens is 3. The minimum atomic E-state index is -0.332. The van der Waals surface area contributed by atoms with Crippen molar-refractivity contribution in [1.82, 2.24) is 15.2 Å². The first-order chi connectivity index (χ1) is 13.4. The number of halogens is 3. The van der Waals surface area contributed by atoms with E-state index in [4.69, 9.17) is 39.5 Å².